The van der Waals surface area contributed by atoms with Crippen LogP contribution >= 0.6 is 23.5 Å². The Labute approximate surface area is 168 Å². The molecule has 142 valence electrons. The molecule has 28 heavy (non-hydrogen) atoms. The van der Waals surface area contributed by atoms with Crippen LogP contribution in [-0.2, 0) is 17.8 Å². The fraction of sp³-hybridized carbons (Fsp3) is 0.167. The van der Waals surface area contributed by atoms with Crippen LogP contribution in [0.3, 0.4) is 0 Å². The predicted octanol–water partition coefficient (Wildman–Crippen LogP) is 2.55. The molecule has 0 saturated carbocycles. The summed E-state index contributed by atoms with van der Waals surface area (Å²) in [6.07, 6.45) is 0.707. The van der Waals surface area contributed by atoms with E-state index in [-0.39, 0.29) is 17.3 Å². The number of aromatic nitrogens is 5. The molecule has 2 aromatic carbocycles. The van der Waals surface area contributed by atoms with E-state index in [2.05, 4.69) is 24.3 Å². The van der Waals surface area contributed by atoms with Gasteiger partial charge in [-0.25, -0.2) is 9.89 Å². The van der Waals surface area contributed by atoms with Crippen molar-refractivity contribution >= 4 is 46.1 Å². The lowest BCUT2D eigenvalue weighted by Gasteiger charge is -2.07. The molecule has 1 amide bonds. The first-order chi connectivity index (χ1) is 13.7. The molecule has 0 unspecified atom stereocenters. The van der Waals surface area contributed by atoms with E-state index < -0.39 is 0 Å². The second kappa shape index (κ2) is 8.36. The van der Waals surface area contributed by atoms with E-state index in [9.17, 15) is 9.59 Å². The summed E-state index contributed by atoms with van der Waals surface area (Å²) in [6.45, 7) is 0.493. The Bertz CT molecular complexity index is 1150. The summed E-state index contributed by atoms with van der Waals surface area (Å²) in [5, 5.41) is 9.83. The summed E-state index contributed by atoms with van der Waals surface area (Å²) in [7, 11) is 0. The molecule has 8 nitrogen and oxygen atoms in total. The number of hydrogen-bond acceptors (Lipinski definition) is 7. The van der Waals surface area contributed by atoms with Gasteiger partial charge in [0.05, 0.1) is 23.2 Å². The molecular formula is C18H16N6O2S2. The molecule has 0 aliphatic rings. The second-order valence-electron chi connectivity index (χ2n) is 5.97. The number of hydrogen-bond donors (Lipinski definition) is 2. The molecule has 0 spiro atoms. The molecule has 4 aromatic rings. The Morgan fingerprint density at radius 3 is 2.86 bits per heavy atom. The maximum absolute atomic E-state index is 12.3. The molecular weight excluding hydrogens is 396 g/mol. The molecule has 0 aliphatic heterocycles. The monoisotopic (exact) mass is 412 g/mol. The third kappa shape index (κ3) is 4.12. The SMILES string of the molecule is O=C(CSc1n[nH]c(=O)n1CCc1ccccc1)Nc1cccc2nsnc12. The lowest BCUT2D eigenvalue weighted by molar-refractivity contribution is -0.113. The number of nitrogens with one attached hydrogen (secondary N) is 2. The number of carbonyl (C=O) groups excluding carboxylic acids is 1. The second-order valence-corrected chi connectivity index (χ2v) is 7.44. The van der Waals surface area contributed by atoms with Crippen molar-refractivity contribution in [3.8, 4) is 0 Å². The largest absolute Gasteiger partial charge is 0.343 e. The number of benzene rings is 2. The average Bonchev–Trinajstić information content (AvgIpc) is 3.33. The van der Waals surface area contributed by atoms with Crippen molar-refractivity contribution in [3.05, 3.63) is 64.6 Å². The van der Waals surface area contributed by atoms with E-state index in [1.807, 2.05) is 42.5 Å². The van der Waals surface area contributed by atoms with E-state index in [4.69, 9.17) is 0 Å². The summed E-state index contributed by atoms with van der Waals surface area (Å²) in [5.41, 5.74) is 2.90. The molecule has 2 N–H and O–H groups in total. The van der Waals surface area contributed by atoms with Crippen LogP contribution in [0.2, 0.25) is 0 Å². The molecule has 4 rings (SSSR count). The highest BCUT2D eigenvalue weighted by molar-refractivity contribution is 7.99. The van der Waals surface area contributed by atoms with Gasteiger partial charge in [0, 0.05) is 6.54 Å². The smallest absolute Gasteiger partial charge is 0.323 e. The highest BCUT2D eigenvalue weighted by atomic mass is 32.2. The van der Waals surface area contributed by atoms with E-state index >= 15 is 0 Å². The first-order valence-corrected chi connectivity index (χ1v) is 10.3. The lowest BCUT2D eigenvalue weighted by atomic mass is 10.1. The van der Waals surface area contributed by atoms with Crippen LogP contribution in [0.15, 0.2) is 58.5 Å². The molecule has 0 radical (unpaired) electrons. The van der Waals surface area contributed by atoms with Crippen LogP contribution in [0.5, 0.6) is 0 Å². The number of amides is 1. The minimum absolute atomic E-state index is 0.129. The minimum atomic E-state index is -0.280. The average molecular weight is 413 g/mol. The zero-order valence-corrected chi connectivity index (χ0v) is 16.3. The summed E-state index contributed by atoms with van der Waals surface area (Å²) >= 11 is 2.32. The molecule has 10 heteroatoms. The first kappa shape index (κ1) is 18.4. The number of carbonyl (C=O) groups is 1. The number of anilines is 1. The molecule has 2 aromatic heterocycles. The van der Waals surface area contributed by atoms with Crippen LogP contribution in [-0.4, -0.2) is 35.2 Å². The number of H-pyrrole nitrogens is 1. The number of rotatable bonds is 7. The standard InChI is InChI=1S/C18H16N6O2S2/c25-15(19-13-7-4-8-14-16(13)23-28-22-14)11-27-18-21-20-17(26)24(18)10-9-12-5-2-1-3-6-12/h1-8H,9-11H2,(H,19,25)(H,20,26). The van der Waals surface area contributed by atoms with Crippen molar-refractivity contribution in [3.63, 3.8) is 0 Å². The van der Waals surface area contributed by atoms with Gasteiger partial charge >= 0.3 is 5.69 Å². The van der Waals surface area contributed by atoms with Crippen molar-refractivity contribution in [1.29, 1.82) is 0 Å². The van der Waals surface area contributed by atoms with E-state index in [0.717, 1.165) is 22.8 Å². The number of aromatic amines is 1. The third-order valence-electron chi connectivity index (χ3n) is 4.08. The Balaban J connectivity index is 1.39. The van der Waals surface area contributed by atoms with Gasteiger partial charge in [-0.15, -0.1) is 5.10 Å². The zero-order valence-electron chi connectivity index (χ0n) is 14.7. The molecule has 0 saturated heterocycles. The van der Waals surface area contributed by atoms with Gasteiger partial charge in [-0.2, -0.15) is 8.75 Å². The van der Waals surface area contributed by atoms with Crippen LogP contribution in [0, 0.1) is 0 Å². The normalized spacial score (nSPS) is 11.0. The van der Waals surface area contributed by atoms with Gasteiger partial charge in [0.2, 0.25) is 5.91 Å². The third-order valence-corrected chi connectivity index (χ3v) is 5.60. The molecule has 0 atom stereocenters. The Hall–Kier alpha value is -2.98. The van der Waals surface area contributed by atoms with E-state index in [0.29, 0.717) is 29.3 Å². The van der Waals surface area contributed by atoms with E-state index in [1.54, 1.807) is 10.6 Å². The Morgan fingerprint density at radius 1 is 1.14 bits per heavy atom. The highest BCUT2D eigenvalue weighted by Gasteiger charge is 2.13. The Morgan fingerprint density at radius 2 is 2.00 bits per heavy atom. The maximum Gasteiger partial charge on any atom is 0.343 e. The van der Waals surface area contributed by atoms with Gasteiger partial charge in [-0.1, -0.05) is 48.2 Å². The fourth-order valence-electron chi connectivity index (χ4n) is 2.72. The topological polar surface area (TPSA) is 106 Å². The summed E-state index contributed by atoms with van der Waals surface area (Å²) < 4.78 is 9.92. The van der Waals surface area contributed by atoms with Gasteiger partial charge in [0.1, 0.15) is 11.0 Å². The summed E-state index contributed by atoms with van der Waals surface area (Å²) in [5.74, 6) is -0.0700. The van der Waals surface area contributed by atoms with Crippen LogP contribution in [0.1, 0.15) is 5.56 Å². The number of thioether (sulfide) groups is 1. The predicted molar refractivity (Wildman–Crippen MR) is 110 cm³/mol. The lowest BCUT2D eigenvalue weighted by Crippen LogP contribution is -2.20. The fourth-order valence-corrected chi connectivity index (χ4v) is 4.04. The van der Waals surface area contributed by atoms with Crippen molar-refractivity contribution < 1.29 is 4.79 Å². The van der Waals surface area contributed by atoms with Crippen LogP contribution in [0.4, 0.5) is 5.69 Å². The van der Waals surface area contributed by atoms with Crippen LogP contribution < -0.4 is 11.0 Å². The van der Waals surface area contributed by atoms with Crippen molar-refractivity contribution in [2.75, 3.05) is 11.1 Å². The van der Waals surface area contributed by atoms with Gasteiger partial charge in [0.15, 0.2) is 5.16 Å². The molecule has 2 heterocycles. The highest BCUT2D eigenvalue weighted by Crippen LogP contribution is 2.22. The number of nitrogens with zero attached hydrogens (tertiary/aromatic N) is 4. The quantitative estimate of drug-likeness (QED) is 0.452. The number of aryl methyl sites for hydroxylation is 1. The van der Waals surface area contributed by atoms with Crippen molar-refractivity contribution in [1.82, 2.24) is 23.5 Å². The zero-order chi connectivity index (χ0) is 19.3. The molecule has 0 bridgehead atoms. The van der Waals surface area contributed by atoms with E-state index in [1.165, 1.54) is 11.8 Å². The minimum Gasteiger partial charge on any atom is -0.323 e. The van der Waals surface area contributed by atoms with Gasteiger partial charge < -0.3 is 5.32 Å². The van der Waals surface area contributed by atoms with Crippen LogP contribution in [0.25, 0.3) is 11.0 Å². The van der Waals surface area contributed by atoms with Gasteiger partial charge in [-0.3, -0.25) is 9.36 Å². The maximum atomic E-state index is 12.3. The number of fused-ring (bicyclic) bond motifs is 1. The van der Waals surface area contributed by atoms with Crippen molar-refractivity contribution in [2.45, 2.75) is 18.1 Å². The van der Waals surface area contributed by atoms with Crippen molar-refractivity contribution in [2.24, 2.45) is 0 Å². The molecule has 0 fully saturated rings. The van der Waals surface area contributed by atoms with Gasteiger partial charge in [-0.05, 0) is 24.1 Å². The first-order valence-electron chi connectivity index (χ1n) is 8.54. The van der Waals surface area contributed by atoms with Gasteiger partial charge in [0.25, 0.3) is 0 Å². The molecule has 0 aliphatic carbocycles. The Kier molecular flexibility index (Phi) is 5.49. The summed E-state index contributed by atoms with van der Waals surface area (Å²) in [6, 6.07) is 15.4. The summed E-state index contributed by atoms with van der Waals surface area (Å²) in [4.78, 5) is 24.4.